The second-order valence-corrected chi connectivity index (χ2v) is 10.6. The minimum Gasteiger partial charge on any atom is -0.340 e. The summed E-state index contributed by atoms with van der Waals surface area (Å²) in [6.45, 7) is 6.73. The number of aromatic nitrogens is 1. The Morgan fingerprint density at radius 1 is 1.11 bits per heavy atom. The first kappa shape index (κ1) is 25.9. The predicted octanol–water partition coefficient (Wildman–Crippen LogP) is 4.03. The van der Waals surface area contributed by atoms with Crippen molar-refractivity contribution in [1.82, 2.24) is 25.0 Å². The standard InChI is InChI=1S/C29H37N7O2/c1-3-22-23(27(31)36-19(2)10-11-26(36)30)8-7-9-24(22)33-28(37)25-16-21-18-35(15-12-20(21)17-32-25)29(38)34-13-5-4-6-14-34/h3,7-9,16-17,19,24,30-31H,4-6,10-15,18H2,1-2H3,(H,33,37)/b22-3-,30-26?,31-27?/t19-,24?/m1/s1. The van der Waals surface area contributed by atoms with Gasteiger partial charge in [-0.2, -0.15) is 0 Å². The minimum atomic E-state index is -0.407. The van der Waals surface area contributed by atoms with Gasteiger partial charge in [0.2, 0.25) is 0 Å². The molecule has 2 fully saturated rings. The quantitative estimate of drug-likeness (QED) is 0.416. The van der Waals surface area contributed by atoms with Crippen molar-refractivity contribution in [2.75, 3.05) is 19.6 Å². The third kappa shape index (κ3) is 5.01. The summed E-state index contributed by atoms with van der Waals surface area (Å²) in [7, 11) is 0. The molecule has 0 bridgehead atoms. The van der Waals surface area contributed by atoms with Gasteiger partial charge in [0.1, 0.15) is 17.4 Å². The Balaban J connectivity index is 1.28. The van der Waals surface area contributed by atoms with Crippen LogP contribution in [0.3, 0.4) is 0 Å². The van der Waals surface area contributed by atoms with Gasteiger partial charge in [-0.15, -0.1) is 0 Å². The van der Waals surface area contributed by atoms with Crippen LogP contribution in [0.15, 0.2) is 47.7 Å². The van der Waals surface area contributed by atoms with Crippen LogP contribution < -0.4 is 5.32 Å². The predicted molar refractivity (Wildman–Crippen MR) is 147 cm³/mol. The topological polar surface area (TPSA) is 116 Å². The highest BCUT2D eigenvalue weighted by Gasteiger charge is 2.33. The Labute approximate surface area is 224 Å². The number of nitrogens with one attached hydrogen (secondary N) is 3. The fraction of sp³-hybridized carbons (Fsp3) is 0.483. The molecule has 9 heteroatoms. The molecule has 1 aromatic rings. The van der Waals surface area contributed by atoms with Gasteiger partial charge >= 0.3 is 6.03 Å². The van der Waals surface area contributed by atoms with Gasteiger partial charge in [0.05, 0.1) is 6.04 Å². The van der Waals surface area contributed by atoms with E-state index in [1.807, 2.05) is 54.0 Å². The summed E-state index contributed by atoms with van der Waals surface area (Å²) in [5.74, 6) is 0.457. The first-order valence-corrected chi connectivity index (χ1v) is 13.7. The zero-order valence-corrected chi connectivity index (χ0v) is 22.3. The van der Waals surface area contributed by atoms with Crippen molar-refractivity contribution in [3.05, 3.63) is 64.5 Å². The molecular formula is C29H37N7O2. The molecule has 5 rings (SSSR count). The van der Waals surface area contributed by atoms with Gasteiger partial charge in [0.15, 0.2) is 0 Å². The van der Waals surface area contributed by atoms with Crippen molar-refractivity contribution in [2.45, 2.75) is 71.0 Å². The van der Waals surface area contributed by atoms with E-state index in [0.717, 1.165) is 55.5 Å². The SMILES string of the molecule is C/C=C1/C(C(=N)N2C(=N)CC[C@H]2C)=CC=CC1NC(=O)c1cc2c(cn1)CCN(C(=O)N1CCCCC1)C2. The summed E-state index contributed by atoms with van der Waals surface area (Å²) in [5, 5.41) is 20.2. The van der Waals surface area contributed by atoms with Crippen LogP contribution in [0.1, 0.15) is 67.6 Å². The van der Waals surface area contributed by atoms with Gasteiger partial charge in [-0.1, -0.05) is 24.3 Å². The first-order valence-electron chi connectivity index (χ1n) is 13.7. The van der Waals surface area contributed by atoms with Crippen LogP contribution in [0.4, 0.5) is 4.79 Å². The number of carbonyl (C=O) groups is 2. The molecule has 1 aromatic heterocycles. The van der Waals surface area contributed by atoms with E-state index < -0.39 is 6.04 Å². The normalized spacial score (nSPS) is 24.4. The van der Waals surface area contributed by atoms with E-state index in [1.54, 1.807) is 11.1 Å². The molecule has 4 heterocycles. The number of nitrogens with zero attached hydrogens (tertiary/aromatic N) is 4. The second kappa shape index (κ2) is 10.9. The zero-order chi connectivity index (χ0) is 26.8. The number of piperidine rings is 1. The minimum absolute atomic E-state index is 0.0883. The van der Waals surface area contributed by atoms with Crippen molar-refractivity contribution in [1.29, 1.82) is 10.8 Å². The summed E-state index contributed by atoms with van der Waals surface area (Å²) in [6.07, 6.45) is 14.9. The number of hydrogen-bond acceptors (Lipinski definition) is 5. The van der Waals surface area contributed by atoms with Crippen LogP contribution in [0.2, 0.25) is 0 Å². The van der Waals surface area contributed by atoms with Crippen molar-refractivity contribution in [2.24, 2.45) is 0 Å². The van der Waals surface area contributed by atoms with Gasteiger partial charge in [-0.25, -0.2) is 4.79 Å². The monoisotopic (exact) mass is 515 g/mol. The number of pyridine rings is 1. The molecule has 2 atom stereocenters. The van der Waals surface area contributed by atoms with E-state index in [1.165, 1.54) is 6.42 Å². The average molecular weight is 516 g/mol. The van der Waals surface area contributed by atoms with Crippen LogP contribution in [0.25, 0.3) is 0 Å². The summed E-state index contributed by atoms with van der Waals surface area (Å²) < 4.78 is 0. The lowest BCUT2D eigenvalue weighted by Gasteiger charge is -2.35. The Bertz CT molecular complexity index is 1240. The van der Waals surface area contributed by atoms with Gasteiger partial charge in [0, 0.05) is 50.4 Å². The third-order valence-corrected chi connectivity index (χ3v) is 8.06. The Hall–Kier alpha value is -3.75. The Morgan fingerprint density at radius 3 is 2.61 bits per heavy atom. The Kier molecular flexibility index (Phi) is 7.44. The van der Waals surface area contributed by atoms with Crippen molar-refractivity contribution >= 4 is 23.6 Å². The molecule has 4 aliphatic rings. The maximum atomic E-state index is 13.3. The average Bonchev–Trinajstić information content (AvgIpc) is 3.29. The molecular weight excluding hydrogens is 478 g/mol. The van der Waals surface area contributed by atoms with Crippen LogP contribution in [-0.2, 0) is 13.0 Å². The van der Waals surface area contributed by atoms with E-state index in [4.69, 9.17) is 10.8 Å². The molecule has 3 aliphatic heterocycles. The molecule has 38 heavy (non-hydrogen) atoms. The number of likely N-dealkylation sites (tertiary alicyclic amines) is 2. The van der Waals surface area contributed by atoms with Crippen LogP contribution in [-0.4, -0.2) is 75.0 Å². The number of hydrogen-bond donors (Lipinski definition) is 3. The van der Waals surface area contributed by atoms with E-state index in [0.29, 0.717) is 42.4 Å². The van der Waals surface area contributed by atoms with Crippen molar-refractivity contribution < 1.29 is 9.59 Å². The smallest absolute Gasteiger partial charge is 0.320 e. The molecule has 2 saturated heterocycles. The van der Waals surface area contributed by atoms with E-state index in [-0.39, 0.29) is 18.0 Å². The highest BCUT2D eigenvalue weighted by molar-refractivity contribution is 6.11. The van der Waals surface area contributed by atoms with Crippen LogP contribution >= 0.6 is 0 Å². The molecule has 3 amide bonds. The van der Waals surface area contributed by atoms with E-state index in [2.05, 4.69) is 10.3 Å². The summed E-state index contributed by atoms with van der Waals surface area (Å²) in [6, 6.07) is 1.60. The second-order valence-electron chi connectivity index (χ2n) is 10.6. The van der Waals surface area contributed by atoms with Gasteiger partial charge in [-0.05, 0) is 68.7 Å². The fourth-order valence-corrected chi connectivity index (χ4v) is 5.88. The summed E-state index contributed by atoms with van der Waals surface area (Å²) in [4.78, 5) is 36.4. The maximum absolute atomic E-state index is 13.3. The van der Waals surface area contributed by atoms with E-state index in [9.17, 15) is 9.59 Å². The molecule has 9 nitrogen and oxygen atoms in total. The molecule has 200 valence electrons. The van der Waals surface area contributed by atoms with Gasteiger partial charge < -0.3 is 20.0 Å². The molecule has 3 N–H and O–H groups in total. The number of rotatable bonds is 3. The molecule has 1 unspecified atom stereocenters. The fourth-order valence-electron chi connectivity index (χ4n) is 5.88. The highest BCUT2D eigenvalue weighted by Crippen LogP contribution is 2.28. The summed E-state index contributed by atoms with van der Waals surface area (Å²) >= 11 is 0. The molecule has 0 aromatic carbocycles. The maximum Gasteiger partial charge on any atom is 0.320 e. The molecule has 0 radical (unpaired) electrons. The van der Waals surface area contributed by atoms with Crippen LogP contribution in [0.5, 0.6) is 0 Å². The number of amides is 3. The lowest BCUT2D eigenvalue weighted by molar-refractivity contribution is 0.0943. The van der Waals surface area contributed by atoms with Gasteiger partial charge in [-0.3, -0.25) is 20.6 Å². The molecule has 1 aliphatic carbocycles. The van der Waals surface area contributed by atoms with Crippen molar-refractivity contribution in [3.8, 4) is 0 Å². The van der Waals surface area contributed by atoms with Crippen molar-refractivity contribution in [3.63, 3.8) is 0 Å². The first-order chi connectivity index (χ1) is 18.4. The molecule has 0 spiro atoms. The number of carbonyl (C=O) groups excluding carboxylic acids is 2. The lowest BCUT2D eigenvalue weighted by Crippen LogP contribution is -2.47. The number of amidine groups is 2. The zero-order valence-electron chi connectivity index (χ0n) is 22.3. The number of allylic oxidation sites excluding steroid dienone is 3. The lowest BCUT2D eigenvalue weighted by atomic mass is 9.91. The highest BCUT2D eigenvalue weighted by atomic mass is 16.2. The number of fused-ring (bicyclic) bond motifs is 1. The van der Waals surface area contributed by atoms with Gasteiger partial charge in [0.25, 0.3) is 5.91 Å². The Morgan fingerprint density at radius 2 is 1.89 bits per heavy atom. The number of urea groups is 1. The summed E-state index contributed by atoms with van der Waals surface area (Å²) in [5.41, 5.74) is 3.91. The molecule has 0 saturated carbocycles. The largest absolute Gasteiger partial charge is 0.340 e. The van der Waals surface area contributed by atoms with E-state index >= 15 is 0 Å². The third-order valence-electron chi connectivity index (χ3n) is 8.06. The van der Waals surface area contributed by atoms with Crippen LogP contribution in [0, 0.1) is 10.8 Å².